The SMILES string of the molecule is CC[C@@H]1C[C@]1(CC(=O)[C@@H]1C[C@@H](Oc2cccc3cc(OC)ccc23)CN1C(=O)[C@@H](CC(=O)OC1CCCC1)C(C)(C)C)C(=O)NS(=O)(=O)OC1CC1. The first-order valence-electron chi connectivity index (χ1n) is 18.6. The largest absolute Gasteiger partial charge is 0.497 e. The molecule has 2 amide bonds. The number of ether oxygens (including phenoxy) is 3. The average Bonchev–Trinajstić information content (AvgIpc) is 3.92. The van der Waals surface area contributed by atoms with E-state index in [0.717, 1.165) is 36.5 Å². The maximum absolute atomic E-state index is 14.6. The molecule has 0 spiro atoms. The third kappa shape index (κ3) is 8.56. The van der Waals surface area contributed by atoms with Gasteiger partial charge < -0.3 is 19.1 Å². The molecular weight excluding hydrogens is 689 g/mol. The monoisotopic (exact) mass is 740 g/mol. The minimum absolute atomic E-state index is 0.0893. The quantitative estimate of drug-likeness (QED) is 0.227. The molecular formula is C39H52N2O10S. The Kier molecular flexibility index (Phi) is 10.9. The molecule has 2 aromatic rings. The molecule has 4 fully saturated rings. The summed E-state index contributed by atoms with van der Waals surface area (Å²) in [5.41, 5.74) is -1.88. The Morgan fingerprint density at radius 3 is 2.37 bits per heavy atom. The Labute approximate surface area is 306 Å². The first-order chi connectivity index (χ1) is 24.6. The number of hydrogen-bond donors (Lipinski definition) is 1. The third-order valence-corrected chi connectivity index (χ3v) is 12.2. The van der Waals surface area contributed by atoms with Crippen molar-refractivity contribution in [1.82, 2.24) is 9.62 Å². The van der Waals surface area contributed by atoms with Gasteiger partial charge in [-0.15, -0.1) is 0 Å². The lowest BCUT2D eigenvalue weighted by atomic mass is 9.77. The Bertz CT molecular complexity index is 1800. The fourth-order valence-electron chi connectivity index (χ4n) is 7.95. The van der Waals surface area contributed by atoms with Crippen LogP contribution in [-0.2, 0) is 38.4 Å². The molecule has 2 aromatic carbocycles. The van der Waals surface area contributed by atoms with Crippen LogP contribution in [-0.4, -0.2) is 74.9 Å². The average molecular weight is 741 g/mol. The number of benzene rings is 2. The summed E-state index contributed by atoms with van der Waals surface area (Å²) in [6.45, 7) is 7.66. The summed E-state index contributed by atoms with van der Waals surface area (Å²) >= 11 is 0. The van der Waals surface area contributed by atoms with Gasteiger partial charge >= 0.3 is 16.3 Å². The Balaban J connectivity index is 1.26. The summed E-state index contributed by atoms with van der Waals surface area (Å²) < 4.78 is 50.0. The molecule has 12 nitrogen and oxygen atoms in total. The van der Waals surface area contributed by atoms with Gasteiger partial charge in [0.2, 0.25) is 11.8 Å². The Morgan fingerprint density at radius 2 is 1.73 bits per heavy atom. The standard InChI is InChI=1S/C39H52N2O10S/c1-6-25-21-39(25,37(45)40-52(46,47)51-27-14-15-27)22-33(42)32-19-29(49-34-13-9-10-24-18-28(48-5)16-17-30(24)34)23-41(32)36(44)31(38(2,3)4)20-35(43)50-26-11-7-8-12-26/h9-10,13,16-18,25-27,29,31-32H,6-8,11-12,14-15,19-23H2,1-5H3,(H,40,45)/t25-,29-,31-,32+,39-/m1/s1. The van der Waals surface area contributed by atoms with E-state index in [1.807, 2.05) is 64.1 Å². The van der Waals surface area contributed by atoms with Crippen LogP contribution in [0, 0.1) is 22.7 Å². The second-order valence-electron chi connectivity index (χ2n) is 16.1. The lowest BCUT2D eigenvalue weighted by Crippen LogP contribution is -2.48. The van der Waals surface area contributed by atoms with E-state index in [1.165, 1.54) is 4.90 Å². The summed E-state index contributed by atoms with van der Waals surface area (Å²) in [5, 5.41) is 1.74. The molecule has 13 heteroatoms. The van der Waals surface area contributed by atoms with Crippen LogP contribution in [0.25, 0.3) is 10.8 Å². The fourth-order valence-corrected chi connectivity index (χ4v) is 8.98. The first kappa shape index (κ1) is 38.0. The maximum atomic E-state index is 14.6. The number of Topliss-reactive ketones (excluding diaryl/α,β-unsaturated/α-hetero) is 1. The van der Waals surface area contributed by atoms with Crippen molar-refractivity contribution in [3.8, 4) is 11.5 Å². The Morgan fingerprint density at radius 1 is 1.00 bits per heavy atom. The highest BCUT2D eigenvalue weighted by Crippen LogP contribution is 2.58. The van der Waals surface area contributed by atoms with E-state index in [9.17, 15) is 27.6 Å². The zero-order valence-corrected chi connectivity index (χ0v) is 31.7. The number of hydrogen-bond acceptors (Lipinski definition) is 10. The molecule has 4 aliphatic rings. The molecule has 0 unspecified atom stereocenters. The number of likely N-dealkylation sites (tertiary alicyclic amines) is 1. The number of carbonyl (C=O) groups excluding carboxylic acids is 4. The normalized spacial score (nSPS) is 25.5. The molecule has 1 heterocycles. The molecule has 6 rings (SSSR count). The number of nitrogens with one attached hydrogen (secondary N) is 1. The predicted molar refractivity (Wildman–Crippen MR) is 193 cm³/mol. The molecule has 3 aliphatic carbocycles. The number of fused-ring (bicyclic) bond motifs is 1. The van der Waals surface area contributed by atoms with Gasteiger partial charge in [0.1, 0.15) is 23.7 Å². The highest BCUT2D eigenvalue weighted by atomic mass is 32.2. The van der Waals surface area contributed by atoms with Crippen LogP contribution >= 0.6 is 0 Å². The number of methoxy groups -OCH3 is 1. The summed E-state index contributed by atoms with van der Waals surface area (Å²) in [5.74, 6) is -1.61. The van der Waals surface area contributed by atoms with Gasteiger partial charge in [-0.25, -0.2) is 4.72 Å². The van der Waals surface area contributed by atoms with Gasteiger partial charge in [-0.3, -0.25) is 23.4 Å². The number of ketones is 1. The van der Waals surface area contributed by atoms with Crippen molar-refractivity contribution < 1.29 is 46.0 Å². The van der Waals surface area contributed by atoms with E-state index in [-0.39, 0.29) is 49.5 Å². The van der Waals surface area contributed by atoms with Crippen LogP contribution in [0.15, 0.2) is 36.4 Å². The summed E-state index contributed by atoms with van der Waals surface area (Å²) in [4.78, 5) is 57.3. The number of esters is 1. The molecule has 1 saturated heterocycles. The van der Waals surface area contributed by atoms with Crippen molar-refractivity contribution >= 4 is 44.6 Å². The van der Waals surface area contributed by atoms with Crippen LogP contribution < -0.4 is 14.2 Å². The summed E-state index contributed by atoms with van der Waals surface area (Å²) in [7, 11) is -2.73. The molecule has 52 heavy (non-hydrogen) atoms. The molecule has 0 radical (unpaired) electrons. The first-order valence-corrected chi connectivity index (χ1v) is 20.0. The molecule has 5 atom stereocenters. The lowest BCUT2D eigenvalue weighted by molar-refractivity contribution is -0.156. The maximum Gasteiger partial charge on any atom is 0.362 e. The minimum Gasteiger partial charge on any atom is -0.497 e. The second kappa shape index (κ2) is 15.0. The number of amides is 2. The molecule has 0 bridgehead atoms. The Hall–Kier alpha value is -3.71. The summed E-state index contributed by atoms with van der Waals surface area (Å²) in [6, 6.07) is 10.3. The highest BCUT2D eigenvalue weighted by molar-refractivity contribution is 7.85. The van der Waals surface area contributed by atoms with Crippen LogP contribution in [0.5, 0.6) is 11.5 Å². The van der Waals surface area contributed by atoms with Crippen molar-refractivity contribution in [3.63, 3.8) is 0 Å². The number of carbonyl (C=O) groups is 4. The van der Waals surface area contributed by atoms with Crippen molar-refractivity contribution in [2.24, 2.45) is 22.7 Å². The van der Waals surface area contributed by atoms with Gasteiger partial charge in [0.05, 0.1) is 43.6 Å². The number of rotatable bonds is 15. The highest BCUT2D eigenvalue weighted by Gasteiger charge is 2.61. The van der Waals surface area contributed by atoms with E-state index in [4.69, 9.17) is 18.4 Å². The van der Waals surface area contributed by atoms with Crippen molar-refractivity contribution in [2.45, 2.75) is 123 Å². The van der Waals surface area contributed by atoms with Crippen molar-refractivity contribution in [3.05, 3.63) is 36.4 Å². The van der Waals surface area contributed by atoms with Gasteiger partial charge in [0.25, 0.3) is 0 Å². The van der Waals surface area contributed by atoms with Crippen molar-refractivity contribution in [1.29, 1.82) is 0 Å². The lowest BCUT2D eigenvalue weighted by Gasteiger charge is -2.35. The predicted octanol–water partition coefficient (Wildman–Crippen LogP) is 5.65. The molecule has 0 aromatic heterocycles. The smallest absolute Gasteiger partial charge is 0.362 e. The van der Waals surface area contributed by atoms with Crippen LogP contribution in [0.1, 0.15) is 98.3 Å². The molecule has 1 aliphatic heterocycles. The second-order valence-corrected chi connectivity index (χ2v) is 17.4. The van der Waals surface area contributed by atoms with Gasteiger partial charge in [-0.1, -0.05) is 46.2 Å². The van der Waals surface area contributed by atoms with E-state index in [0.29, 0.717) is 37.2 Å². The van der Waals surface area contributed by atoms with Crippen molar-refractivity contribution in [2.75, 3.05) is 13.7 Å². The third-order valence-electron chi connectivity index (χ3n) is 11.2. The van der Waals surface area contributed by atoms with E-state index >= 15 is 0 Å². The fraction of sp³-hybridized carbons (Fsp3) is 0.641. The van der Waals surface area contributed by atoms with Gasteiger partial charge in [0.15, 0.2) is 5.78 Å². The van der Waals surface area contributed by atoms with Crippen LogP contribution in [0.3, 0.4) is 0 Å². The van der Waals surface area contributed by atoms with Gasteiger partial charge in [-0.05, 0) is 85.9 Å². The topological polar surface area (TPSA) is 155 Å². The number of nitrogens with zero attached hydrogens (tertiary/aromatic N) is 1. The molecule has 1 N–H and O–H groups in total. The van der Waals surface area contributed by atoms with Gasteiger partial charge in [0, 0.05) is 18.2 Å². The zero-order valence-electron chi connectivity index (χ0n) is 30.9. The molecule has 3 saturated carbocycles. The van der Waals surface area contributed by atoms with E-state index in [1.54, 1.807) is 7.11 Å². The zero-order chi connectivity index (χ0) is 37.4. The molecule has 284 valence electrons. The summed E-state index contributed by atoms with van der Waals surface area (Å²) in [6.07, 6.45) is 4.39. The van der Waals surface area contributed by atoms with E-state index in [2.05, 4.69) is 4.72 Å². The minimum atomic E-state index is -4.33. The van der Waals surface area contributed by atoms with Crippen LogP contribution in [0.4, 0.5) is 0 Å². The van der Waals surface area contributed by atoms with Crippen LogP contribution in [0.2, 0.25) is 0 Å². The van der Waals surface area contributed by atoms with E-state index < -0.39 is 57.2 Å². The van der Waals surface area contributed by atoms with Gasteiger partial charge in [-0.2, -0.15) is 8.42 Å².